The summed E-state index contributed by atoms with van der Waals surface area (Å²) in [6.07, 6.45) is 0. The molecule has 0 saturated heterocycles. The predicted octanol–water partition coefficient (Wildman–Crippen LogP) is 1.72. The van der Waals surface area contributed by atoms with Crippen molar-refractivity contribution in [3.63, 3.8) is 0 Å². The molecule has 3 heteroatoms. The Hall–Kier alpha value is -1.35. The molecule has 0 spiro atoms. The summed E-state index contributed by atoms with van der Waals surface area (Å²) in [4.78, 5) is 15.2. The summed E-state index contributed by atoms with van der Waals surface area (Å²) in [5.74, 6) is -0.161. The lowest BCUT2D eigenvalue weighted by molar-refractivity contribution is -0.114. The number of rotatable bonds is 4. The maximum atomic E-state index is 11.4. The zero-order valence-electron chi connectivity index (χ0n) is 10.2. The van der Waals surface area contributed by atoms with Gasteiger partial charge in [-0.15, -0.1) is 0 Å². The van der Waals surface area contributed by atoms with Gasteiger partial charge in [0.05, 0.1) is 0 Å². The summed E-state index contributed by atoms with van der Waals surface area (Å²) < 4.78 is 0. The van der Waals surface area contributed by atoms with Crippen LogP contribution >= 0.6 is 0 Å². The van der Waals surface area contributed by atoms with Gasteiger partial charge in [-0.3, -0.25) is 4.79 Å². The second-order valence-electron chi connectivity index (χ2n) is 4.18. The highest BCUT2D eigenvalue weighted by molar-refractivity contribution is 5.96. The van der Waals surface area contributed by atoms with Gasteiger partial charge in [-0.2, -0.15) is 0 Å². The molecule has 87 valence electrons. The Balaban J connectivity index is 2.77. The van der Waals surface area contributed by atoms with Crippen LogP contribution in [-0.2, 0) is 4.79 Å². The molecule has 0 heterocycles. The Morgan fingerprint density at radius 2 is 1.75 bits per heavy atom. The molecule has 16 heavy (non-hydrogen) atoms. The van der Waals surface area contributed by atoms with Gasteiger partial charge in [-0.05, 0) is 33.2 Å². The lowest BCUT2D eigenvalue weighted by Gasteiger charge is -2.23. The van der Waals surface area contributed by atoms with Crippen LogP contribution in [0, 0.1) is 13.8 Å². The van der Waals surface area contributed by atoms with Gasteiger partial charge in [0.2, 0.25) is 5.91 Å². The molecule has 0 N–H and O–H groups in total. The summed E-state index contributed by atoms with van der Waals surface area (Å²) in [5.41, 5.74) is 2.10. The van der Waals surface area contributed by atoms with E-state index in [1.165, 1.54) is 5.56 Å². The Kier molecular flexibility index (Phi) is 4.50. The van der Waals surface area contributed by atoms with Crippen molar-refractivity contribution in [3.8, 4) is 0 Å². The number of hydrogen-bond donors (Lipinski definition) is 0. The number of anilines is 1. The number of benzene rings is 1. The van der Waals surface area contributed by atoms with Crippen molar-refractivity contribution >= 4 is 11.6 Å². The monoisotopic (exact) mass is 219 g/mol. The first-order chi connectivity index (χ1) is 7.50. The topological polar surface area (TPSA) is 23.6 Å². The van der Waals surface area contributed by atoms with Crippen molar-refractivity contribution in [2.24, 2.45) is 0 Å². The second-order valence-corrected chi connectivity index (χ2v) is 4.18. The van der Waals surface area contributed by atoms with Crippen LogP contribution in [-0.4, -0.2) is 38.0 Å². The molecule has 0 bridgehead atoms. The van der Waals surface area contributed by atoms with Gasteiger partial charge >= 0.3 is 0 Å². The minimum atomic E-state index is -0.161. The van der Waals surface area contributed by atoms with E-state index in [1.807, 2.05) is 50.2 Å². The van der Waals surface area contributed by atoms with Gasteiger partial charge in [0.25, 0.3) is 0 Å². The van der Waals surface area contributed by atoms with Crippen LogP contribution in [0.15, 0.2) is 24.3 Å². The Morgan fingerprint density at radius 3 is 2.19 bits per heavy atom. The first kappa shape index (κ1) is 12.7. The highest BCUT2D eigenvalue weighted by Gasteiger charge is 2.10. The SMILES string of the molecule is [CH2]C(=O)N(CCN(C)C)c1ccc(C)cc1. The molecule has 0 aromatic heterocycles. The van der Waals surface area contributed by atoms with Gasteiger partial charge in [0, 0.05) is 25.7 Å². The molecule has 1 aromatic carbocycles. The van der Waals surface area contributed by atoms with E-state index in [1.54, 1.807) is 4.90 Å². The smallest absolute Gasteiger partial charge is 0.227 e. The zero-order valence-corrected chi connectivity index (χ0v) is 10.2. The standard InChI is InChI=1S/C13H19N2O/c1-11-5-7-13(8-6-11)15(12(2)16)10-9-14(3)4/h5-8H,2,9-10H2,1,3-4H3. The molecule has 0 fully saturated rings. The maximum absolute atomic E-state index is 11.4. The van der Waals surface area contributed by atoms with E-state index < -0.39 is 0 Å². The summed E-state index contributed by atoms with van der Waals surface area (Å²) in [7, 11) is 3.97. The fraction of sp³-hybridized carbons (Fsp3) is 0.385. The molecule has 1 rings (SSSR count). The van der Waals surface area contributed by atoms with Gasteiger partial charge in [0.15, 0.2) is 0 Å². The van der Waals surface area contributed by atoms with Crippen molar-refractivity contribution in [2.75, 3.05) is 32.1 Å². The van der Waals surface area contributed by atoms with Crippen LogP contribution in [0.3, 0.4) is 0 Å². The van der Waals surface area contributed by atoms with Crippen molar-refractivity contribution in [1.82, 2.24) is 4.90 Å². The largest absolute Gasteiger partial charge is 0.311 e. The molecule has 0 aliphatic heterocycles. The maximum Gasteiger partial charge on any atom is 0.227 e. The van der Waals surface area contributed by atoms with E-state index >= 15 is 0 Å². The van der Waals surface area contributed by atoms with Crippen LogP contribution in [0.1, 0.15) is 5.56 Å². The predicted molar refractivity (Wildman–Crippen MR) is 67.4 cm³/mol. The third kappa shape index (κ3) is 3.66. The summed E-state index contributed by atoms with van der Waals surface area (Å²) in [5, 5.41) is 0. The summed E-state index contributed by atoms with van der Waals surface area (Å²) >= 11 is 0. The number of carbonyl (C=O) groups is 1. The van der Waals surface area contributed by atoms with Crippen LogP contribution in [0.5, 0.6) is 0 Å². The minimum Gasteiger partial charge on any atom is -0.311 e. The van der Waals surface area contributed by atoms with Crippen molar-refractivity contribution in [1.29, 1.82) is 0 Å². The number of nitrogens with zero attached hydrogens (tertiary/aromatic N) is 2. The van der Waals surface area contributed by atoms with E-state index in [4.69, 9.17) is 0 Å². The molecule has 0 unspecified atom stereocenters. The zero-order chi connectivity index (χ0) is 12.1. The van der Waals surface area contributed by atoms with Gasteiger partial charge in [0.1, 0.15) is 0 Å². The van der Waals surface area contributed by atoms with Gasteiger partial charge in [-0.25, -0.2) is 0 Å². The van der Waals surface area contributed by atoms with Crippen LogP contribution in [0.2, 0.25) is 0 Å². The van der Waals surface area contributed by atoms with Gasteiger partial charge in [-0.1, -0.05) is 17.7 Å². The first-order valence-electron chi connectivity index (χ1n) is 5.35. The van der Waals surface area contributed by atoms with E-state index in [9.17, 15) is 4.79 Å². The highest BCUT2D eigenvalue weighted by Crippen LogP contribution is 2.14. The van der Waals surface area contributed by atoms with Gasteiger partial charge < -0.3 is 9.80 Å². The molecule has 1 amide bonds. The summed E-state index contributed by atoms with van der Waals surface area (Å²) in [6.45, 7) is 7.01. The fourth-order valence-corrected chi connectivity index (χ4v) is 1.42. The Labute approximate surface area is 97.7 Å². The average Bonchev–Trinajstić information content (AvgIpc) is 2.20. The van der Waals surface area contributed by atoms with E-state index in [2.05, 4.69) is 6.92 Å². The molecule has 0 aliphatic rings. The van der Waals surface area contributed by atoms with Crippen LogP contribution in [0.4, 0.5) is 5.69 Å². The third-order valence-corrected chi connectivity index (χ3v) is 2.42. The average molecular weight is 219 g/mol. The normalized spacial score (nSPS) is 10.6. The molecule has 0 saturated carbocycles. The van der Waals surface area contributed by atoms with E-state index in [0.717, 1.165) is 12.2 Å². The Morgan fingerprint density at radius 1 is 1.19 bits per heavy atom. The molecule has 0 aliphatic carbocycles. The Bertz CT molecular complexity index is 343. The van der Waals surface area contributed by atoms with Crippen LogP contribution in [0.25, 0.3) is 0 Å². The lowest BCUT2D eigenvalue weighted by atomic mass is 10.2. The second kappa shape index (κ2) is 5.66. The van der Waals surface area contributed by atoms with E-state index in [-0.39, 0.29) is 5.91 Å². The van der Waals surface area contributed by atoms with Crippen molar-refractivity contribution in [3.05, 3.63) is 36.8 Å². The number of carbonyl (C=O) groups excluding carboxylic acids is 1. The first-order valence-corrected chi connectivity index (χ1v) is 5.35. The number of amides is 1. The molecule has 3 nitrogen and oxygen atoms in total. The third-order valence-electron chi connectivity index (χ3n) is 2.42. The lowest BCUT2D eigenvalue weighted by Crippen LogP contribution is -2.35. The molecular formula is C13H19N2O. The fourth-order valence-electron chi connectivity index (χ4n) is 1.42. The molecule has 1 radical (unpaired) electrons. The molecule has 1 aromatic rings. The van der Waals surface area contributed by atoms with Crippen molar-refractivity contribution in [2.45, 2.75) is 6.92 Å². The number of likely N-dealkylation sites (N-methyl/N-ethyl adjacent to an activating group) is 1. The van der Waals surface area contributed by atoms with E-state index in [0.29, 0.717) is 6.54 Å². The minimum absolute atomic E-state index is 0.161. The number of aryl methyl sites for hydroxylation is 1. The molecular weight excluding hydrogens is 200 g/mol. The summed E-state index contributed by atoms with van der Waals surface area (Å²) in [6, 6.07) is 7.91. The molecule has 0 atom stereocenters. The number of hydrogen-bond acceptors (Lipinski definition) is 2. The van der Waals surface area contributed by atoms with Crippen LogP contribution < -0.4 is 4.90 Å². The van der Waals surface area contributed by atoms with Crippen molar-refractivity contribution < 1.29 is 4.79 Å². The highest BCUT2D eigenvalue weighted by atomic mass is 16.2. The quantitative estimate of drug-likeness (QED) is 0.770.